The Morgan fingerprint density at radius 1 is 0.931 bits per heavy atom. The van der Waals surface area contributed by atoms with Crippen LogP contribution < -0.4 is 15.5 Å². The number of hydrogen-bond acceptors (Lipinski definition) is 5. The van der Waals surface area contributed by atoms with Crippen molar-refractivity contribution in [2.45, 2.75) is 20.3 Å². The molecule has 2 N–H and O–H groups in total. The Morgan fingerprint density at radius 3 is 2.21 bits per heavy atom. The topological polar surface area (TPSA) is 105 Å². The molecule has 0 saturated heterocycles. The van der Waals surface area contributed by atoms with E-state index in [1.807, 2.05) is 0 Å². The largest absolute Gasteiger partial charge is 0.465 e. The van der Waals surface area contributed by atoms with Crippen LogP contribution in [0.15, 0.2) is 48.5 Å². The van der Waals surface area contributed by atoms with Gasteiger partial charge in [0.15, 0.2) is 0 Å². The van der Waals surface area contributed by atoms with E-state index in [1.165, 1.54) is 31.9 Å². The number of hydrogen-bond donors (Lipinski definition) is 2. The van der Waals surface area contributed by atoms with Crippen LogP contribution >= 0.6 is 0 Å². The first kappa shape index (κ1) is 21.6. The van der Waals surface area contributed by atoms with Gasteiger partial charge in [0.25, 0.3) is 0 Å². The maximum Gasteiger partial charge on any atom is 0.337 e. The fourth-order valence-electron chi connectivity index (χ4n) is 2.67. The Hall–Kier alpha value is -3.68. The SMILES string of the molecule is COC(=O)c1cccc(NC(=O)CCN(C(C)=O)c2ccc(NC(C)=O)cc2)c1. The summed E-state index contributed by atoms with van der Waals surface area (Å²) in [5.41, 5.74) is 2.03. The molecular weight excluding hydrogens is 374 g/mol. The smallest absolute Gasteiger partial charge is 0.337 e. The standard InChI is InChI=1S/C21H23N3O5/c1-14(25)22-17-7-9-19(10-8-17)24(15(2)26)12-11-20(27)23-18-6-4-5-16(13-18)21(28)29-3/h4-10,13H,11-12H2,1-3H3,(H,22,25)(H,23,27). The lowest BCUT2D eigenvalue weighted by atomic mass is 10.2. The molecule has 0 saturated carbocycles. The van der Waals surface area contributed by atoms with Gasteiger partial charge in [-0.2, -0.15) is 0 Å². The minimum atomic E-state index is -0.494. The Balaban J connectivity index is 2.00. The molecule has 152 valence electrons. The van der Waals surface area contributed by atoms with Gasteiger partial charge in [-0.25, -0.2) is 4.79 Å². The molecule has 0 unspecified atom stereocenters. The maximum absolute atomic E-state index is 12.3. The number of amides is 3. The first-order valence-electron chi connectivity index (χ1n) is 8.94. The van der Waals surface area contributed by atoms with Gasteiger partial charge in [-0.3, -0.25) is 14.4 Å². The first-order chi connectivity index (χ1) is 13.8. The first-order valence-corrected chi connectivity index (χ1v) is 8.94. The van der Waals surface area contributed by atoms with Crippen molar-refractivity contribution in [2.24, 2.45) is 0 Å². The van der Waals surface area contributed by atoms with E-state index < -0.39 is 5.97 Å². The van der Waals surface area contributed by atoms with Crippen molar-refractivity contribution >= 4 is 40.8 Å². The summed E-state index contributed by atoms with van der Waals surface area (Å²) in [7, 11) is 1.28. The molecule has 3 amide bonds. The van der Waals surface area contributed by atoms with Gasteiger partial charge < -0.3 is 20.3 Å². The van der Waals surface area contributed by atoms with Gasteiger partial charge in [0.1, 0.15) is 0 Å². The van der Waals surface area contributed by atoms with Gasteiger partial charge in [0, 0.05) is 43.9 Å². The van der Waals surface area contributed by atoms with Crippen LogP contribution in [-0.2, 0) is 19.1 Å². The normalized spacial score (nSPS) is 10.0. The summed E-state index contributed by atoms with van der Waals surface area (Å²) < 4.78 is 4.66. The van der Waals surface area contributed by atoms with Crippen molar-refractivity contribution in [3.8, 4) is 0 Å². The number of carbonyl (C=O) groups is 4. The third kappa shape index (κ3) is 6.46. The molecule has 0 aliphatic rings. The molecule has 2 rings (SSSR count). The highest BCUT2D eigenvalue weighted by atomic mass is 16.5. The van der Waals surface area contributed by atoms with Crippen LogP contribution in [0.2, 0.25) is 0 Å². The van der Waals surface area contributed by atoms with Crippen molar-refractivity contribution in [2.75, 3.05) is 29.2 Å². The molecule has 0 radical (unpaired) electrons. The zero-order valence-electron chi connectivity index (χ0n) is 16.5. The molecule has 0 aromatic heterocycles. The zero-order chi connectivity index (χ0) is 21.4. The average Bonchev–Trinajstić information content (AvgIpc) is 2.68. The quantitative estimate of drug-likeness (QED) is 0.699. The molecule has 0 spiro atoms. The van der Waals surface area contributed by atoms with E-state index in [2.05, 4.69) is 15.4 Å². The molecular formula is C21H23N3O5. The number of anilines is 3. The molecule has 0 heterocycles. The van der Waals surface area contributed by atoms with Crippen LogP contribution in [0.5, 0.6) is 0 Å². The second kappa shape index (κ2) is 10.0. The summed E-state index contributed by atoms with van der Waals surface area (Å²) in [5, 5.41) is 5.36. The molecule has 0 aliphatic carbocycles. The Kier molecular flexibility index (Phi) is 7.47. The highest BCUT2D eigenvalue weighted by Crippen LogP contribution is 2.19. The summed E-state index contributed by atoms with van der Waals surface area (Å²) in [4.78, 5) is 48.4. The van der Waals surface area contributed by atoms with Gasteiger partial charge in [-0.15, -0.1) is 0 Å². The van der Waals surface area contributed by atoms with Crippen molar-refractivity contribution in [3.05, 3.63) is 54.1 Å². The van der Waals surface area contributed by atoms with E-state index in [0.29, 0.717) is 22.6 Å². The van der Waals surface area contributed by atoms with Crippen LogP contribution in [0.1, 0.15) is 30.6 Å². The van der Waals surface area contributed by atoms with Gasteiger partial charge >= 0.3 is 5.97 Å². The molecule has 29 heavy (non-hydrogen) atoms. The molecule has 8 nitrogen and oxygen atoms in total. The predicted octanol–water partition coefficient (Wildman–Crippen LogP) is 2.81. The summed E-state index contributed by atoms with van der Waals surface area (Å²) >= 11 is 0. The highest BCUT2D eigenvalue weighted by Gasteiger charge is 2.14. The maximum atomic E-state index is 12.3. The van der Waals surface area contributed by atoms with Crippen LogP contribution in [0, 0.1) is 0 Å². The second-order valence-electron chi connectivity index (χ2n) is 6.27. The van der Waals surface area contributed by atoms with Crippen molar-refractivity contribution in [3.63, 3.8) is 0 Å². The van der Waals surface area contributed by atoms with E-state index in [-0.39, 0.29) is 30.7 Å². The minimum absolute atomic E-state index is 0.0650. The number of benzene rings is 2. The summed E-state index contributed by atoms with van der Waals surface area (Å²) in [5.74, 6) is -1.19. The number of rotatable bonds is 7. The number of nitrogens with one attached hydrogen (secondary N) is 2. The molecule has 0 aliphatic heterocycles. The Morgan fingerprint density at radius 2 is 1.62 bits per heavy atom. The molecule has 0 fully saturated rings. The molecule has 8 heteroatoms. The molecule has 2 aromatic carbocycles. The van der Waals surface area contributed by atoms with Gasteiger partial charge in [0.05, 0.1) is 12.7 Å². The van der Waals surface area contributed by atoms with Crippen LogP contribution in [0.3, 0.4) is 0 Å². The van der Waals surface area contributed by atoms with Gasteiger partial charge in [-0.1, -0.05) is 6.07 Å². The number of carbonyl (C=O) groups excluding carboxylic acids is 4. The number of nitrogens with zero attached hydrogens (tertiary/aromatic N) is 1. The van der Waals surface area contributed by atoms with Crippen LogP contribution in [0.25, 0.3) is 0 Å². The Bertz CT molecular complexity index is 909. The zero-order valence-corrected chi connectivity index (χ0v) is 16.5. The predicted molar refractivity (Wildman–Crippen MR) is 110 cm³/mol. The van der Waals surface area contributed by atoms with E-state index >= 15 is 0 Å². The van der Waals surface area contributed by atoms with Crippen LogP contribution in [0.4, 0.5) is 17.1 Å². The van der Waals surface area contributed by atoms with Crippen molar-refractivity contribution in [1.82, 2.24) is 0 Å². The van der Waals surface area contributed by atoms with Crippen molar-refractivity contribution in [1.29, 1.82) is 0 Å². The van der Waals surface area contributed by atoms with E-state index in [0.717, 1.165) is 0 Å². The molecule has 0 bridgehead atoms. The lowest BCUT2D eigenvalue weighted by molar-refractivity contribution is -0.117. The van der Waals surface area contributed by atoms with Crippen LogP contribution in [-0.4, -0.2) is 37.3 Å². The second-order valence-corrected chi connectivity index (χ2v) is 6.27. The minimum Gasteiger partial charge on any atom is -0.465 e. The average molecular weight is 397 g/mol. The fourth-order valence-corrected chi connectivity index (χ4v) is 2.67. The number of ether oxygens (including phenoxy) is 1. The lowest BCUT2D eigenvalue weighted by Gasteiger charge is -2.21. The molecule has 0 atom stereocenters. The number of methoxy groups -OCH3 is 1. The molecule has 2 aromatic rings. The summed E-state index contributed by atoms with van der Waals surface area (Å²) in [6, 6.07) is 13.2. The fraction of sp³-hybridized carbons (Fsp3) is 0.238. The van der Waals surface area contributed by atoms with Gasteiger partial charge in [-0.05, 0) is 42.5 Å². The Labute approximate surface area is 168 Å². The third-order valence-corrected chi connectivity index (χ3v) is 4.01. The summed E-state index contributed by atoms with van der Waals surface area (Å²) in [6.45, 7) is 3.01. The van der Waals surface area contributed by atoms with Gasteiger partial charge in [0.2, 0.25) is 17.7 Å². The lowest BCUT2D eigenvalue weighted by Crippen LogP contribution is -2.32. The monoisotopic (exact) mass is 397 g/mol. The third-order valence-electron chi connectivity index (χ3n) is 4.01. The van der Waals surface area contributed by atoms with E-state index in [9.17, 15) is 19.2 Å². The van der Waals surface area contributed by atoms with E-state index in [4.69, 9.17) is 0 Å². The highest BCUT2D eigenvalue weighted by molar-refractivity contribution is 5.96. The number of esters is 1. The summed E-state index contributed by atoms with van der Waals surface area (Å²) in [6.07, 6.45) is 0.0650. The van der Waals surface area contributed by atoms with Crippen molar-refractivity contribution < 1.29 is 23.9 Å². The van der Waals surface area contributed by atoms with E-state index in [1.54, 1.807) is 42.5 Å².